The lowest BCUT2D eigenvalue weighted by Gasteiger charge is -2.40. The van der Waals surface area contributed by atoms with E-state index in [1.807, 2.05) is 48.2 Å². The number of pyridine rings is 1. The molecule has 7 heteroatoms. The highest BCUT2D eigenvalue weighted by atomic mass is 35.5. The maximum absolute atomic E-state index is 13.9. The van der Waals surface area contributed by atoms with E-state index in [9.17, 15) is 4.79 Å². The fourth-order valence-corrected chi connectivity index (χ4v) is 4.91. The summed E-state index contributed by atoms with van der Waals surface area (Å²) in [5, 5.41) is 3.94. The molecule has 2 aromatic heterocycles. The molecule has 0 spiro atoms. The molecule has 174 valence electrons. The van der Waals surface area contributed by atoms with Crippen molar-refractivity contribution in [2.75, 3.05) is 18.4 Å². The molecule has 0 bridgehead atoms. The SMILES string of the molecule is Cc1ccc(-c2cccnc2)c(C(=O)N2CCC[C@@H](C)[C@H]2CNc2nc3cc(Cl)ccc3o2)c1. The number of fused-ring (bicyclic) bond motifs is 1. The van der Waals surface area contributed by atoms with Crippen molar-refractivity contribution < 1.29 is 9.21 Å². The second-order valence-corrected chi connectivity index (χ2v) is 9.42. The first-order valence-corrected chi connectivity index (χ1v) is 12.0. The molecule has 0 saturated carbocycles. The minimum atomic E-state index is 0.0158. The van der Waals surface area contributed by atoms with E-state index in [4.69, 9.17) is 16.0 Å². The van der Waals surface area contributed by atoms with Gasteiger partial charge in [0, 0.05) is 41.6 Å². The van der Waals surface area contributed by atoms with Crippen LogP contribution < -0.4 is 5.32 Å². The first kappa shape index (κ1) is 22.4. The lowest BCUT2D eigenvalue weighted by atomic mass is 9.89. The van der Waals surface area contributed by atoms with Gasteiger partial charge < -0.3 is 14.6 Å². The molecular formula is C27H27ClN4O2. The molecule has 1 N–H and O–H groups in total. The van der Waals surface area contributed by atoms with Gasteiger partial charge in [-0.2, -0.15) is 4.98 Å². The Labute approximate surface area is 204 Å². The third kappa shape index (κ3) is 4.50. The van der Waals surface area contributed by atoms with Gasteiger partial charge in [-0.05, 0) is 61.6 Å². The summed E-state index contributed by atoms with van der Waals surface area (Å²) in [4.78, 5) is 24.7. The van der Waals surface area contributed by atoms with Crippen LogP contribution in [0.15, 0.2) is 65.3 Å². The quantitative estimate of drug-likeness (QED) is 0.372. The van der Waals surface area contributed by atoms with E-state index in [1.165, 1.54) is 0 Å². The molecule has 1 aliphatic heterocycles. The highest BCUT2D eigenvalue weighted by Crippen LogP contribution is 2.30. The van der Waals surface area contributed by atoms with Crippen molar-refractivity contribution in [3.05, 3.63) is 77.1 Å². The van der Waals surface area contributed by atoms with Crippen molar-refractivity contribution in [1.82, 2.24) is 14.9 Å². The van der Waals surface area contributed by atoms with Gasteiger partial charge in [0.2, 0.25) is 0 Å². The van der Waals surface area contributed by atoms with Crippen LogP contribution in [-0.4, -0.2) is 39.9 Å². The van der Waals surface area contributed by atoms with Crippen LogP contribution in [0.1, 0.15) is 35.7 Å². The molecule has 0 aliphatic carbocycles. The summed E-state index contributed by atoms with van der Waals surface area (Å²) in [5.41, 5.74) is 5.00. The third-order valence-corrected chi connectivity index (χ3v) is 6.80. The molecular weight excluding hydrogens is 448 g/mol. The van der Waals surface area contributed by atoms with Crippen LogP contribution >= 0.6 is 11.6 Å². The number of aryl methyl sites for hydroxylation is 1. The van der Waals surface area contributed by atoms with Crippen molar-refractivity contribution in [1.29, 1.82) is 0 Å². The predicted molar refractivity (Wildman–Crippen MR) is 135 cm³/mol. The zero-order valence-electron chi connectivity index (χ0n) is 19.3. The second-order valence-electron chi connectivity index (χ2n) is 8.99. The average Bonchev–Trinajstić information content (AvgIpc) is 3.25. The molecule has 6 nitrogen and oxygen atoms in total. The number of halogens is 1. The maximum Gasteiger partial charge on any atom is 0.295 e. The van der Waals surface area contributed by atoms with Gasteiger partial charge in [0.1, 0.15) is 5.52 Å². The number of aromatic nitrogens is 2. The first-order chi connectivity index (χ1) is 16.5. The minimum absolute atomic E-state index is 0.0158. The van der Waals surface area contributed by atoms with Gasteiger partial charge >= 0.3 is 0 Å². The number of nitrogens with zero attached hydrogens (tertiary/aromatic N) is 3. The molecule has 1 aliphatic rings. The van der Waals surface area contributed by atoms with Gasteiger partial charge in [-0.25, -0.2) is 0 Å². The van der Waals surface area contributed by atoms with Crippen LogP contribution in [-0.2, 0) is 0 Å². The fourth-order valence-electron chi connectivity index (χ4n) is 4.74. The smallest absolute Gasteiger partial charge is 0.295 e. The Morgan fingerprint density at radius 3 is 2.94 bits per heavy atom. The molecule has 34 heavy (non-hydrogen) atoms. The summed E-state index contributed by atoms with van der Waals surface area (Å²) >= 11 is 6.08. The molecule has 0 radical (unpaired) electrons. The van der Waals surface area contributed by atoms with Crippen LogP contribution in [0.4, 0.5) is 6.01 Å². The predicted octanol–water partition coefficient (Wildman–Crippen LogP) is 6.20. The Bertz CT molecular complexity index is 1320. The average molecular weight is 475 g/mol. The Hall–Kier alpha value is -3.38. The molecule has 4 aromatic rings. The van der Waals surface area contributed by atoms with Crippen molar-refractivity contribution >= 4 is 34.6 Å². The van der Waals surface area contributed by atoms with E-state index in [2.05, 4.69) is 22.2 Å². The van der Waals surface area contributed by atoms with Crippen LogP contribution in [0, 0.1) is 12.8 Å². The Morgan fingerprint density at radius 2 is 2.12 bits per heavy atom. The second kappa shape index (κ2) is 9.47. The topological polar surface area (TPSA) is 71.3 Å². The Morgan fingerprint density at radius 1 is 1.24 bits per heavy atom. The summed E-state index contributed by atoms with van der Waals surface area (Å²) < 4.78 is 5.83. The number of likely N-dealkylation sites (tertiary alicyclic amines) is 1. The number of piperidine rings is 1. The summed E-state index contributed by atoms with van der Waals surface area (Å²) in [5.74, 6) is 0.390. The number of hydrogen-bond donors (Lipinski definition) is 1. The standard InChI is InChI=1S/C27H27ClN4O2/c1-17-7-9-21(19-6-3-11-29-15-19)22(13-17)26(33)32-12-4-5-18(2)24(32)16-30-27-31-23-14-20(28)8-10-25(23)34-27/h3,6-11,13-15,18,24H,4-5,12,16H2,1-2H3,(H,30,31)/t18-,24-/m1/s1. The third-order valence-electron chi connectivity index (χ3n) is 6.57. The number of carbonyl (C=O) groups is 1. The number of oxazole rings is 1. The van der Waals surface area contributed by atoms with Gasteiger partial charge in [-0.15, -0.1) is 0 Å². The number of rotatable bonds is 5. The Balaban J connectivity index is 1.41. The number of hydrogen-bond acceptors (Lipinski definition) is 5. The van der Waals surface area contributed by atoms with Gasteiger partial charge in [0.05, 0.1) is 6.04 Å². The molecule has 5 rings (SSSR count). The molecule has 3 heterocycles. The molecule has 1 fully saturated rings. The monoisotopic (exact) mass is 474 g/mol. The van der Waals surface area contributed by atoms with Crippen LogP contribution in [0.5, 0.6) is 0 Å². The number of anilines is 1. The van der Waals surface area contributed by atoms with Gasteiger partial charge in [-0.3, -0.25) is 9.78 Å². The maximum atomic E-state index is 13.9. The zero-order chi connectivity index (χ0) is 23.7. The summed E-state index contributed by atoms with van der Waals surface area (Å²) in [7, 11) is 0. The summed E-state index contributed by atoms with van der Waals surface area (Å²) in [6.07, 6.45) is 5.60. The zero-order valence-corrected chi connectivity index (χ0v) is 20.0. The van der Waals surface area contributed by atoms with E-state index in [0.29, 0.717) is 40.2 Å². The van der Waals surface area contributed by atoms with Gasteiger partial charge in [0.15, 0.2) is 5.58 Å². The van der Waals surface area contributed by atoms with E-state index >= 15 is 0 Å². The normalized spacial score (nSPS) is 18.3. The van der Waals surface area contributed by atoms with Crippen molar-refractivity contribution in [3.63, 3.8) is 0 Å². The van der Waals surface area contributed by atoms with Crippen LogP contribution in [0.2, 0.25) is 5.02 Å². The number of carbonyl (C=O) groups excluding carboxylic acids is 1. The first-order valence-electron chi connectivity index (χ1n) is 11.6. The van der Waals surface area contributed by atoms with E-state index in [0.717, 1.165) is 36.1 Å². The number of amides is 1. The van der Waals surface area contributed by atoms with E-state index in [1.54, 1.807) is 24.5 Å². The summed E-state index contributed by atoms with van der Waals surface area (Å²) in [6.45, 7) is 5.50. The highest BCUT2D eigenvalue weighted by molar-refractivity contribution is 6.31. The molecule has 2 atom stereocenters. The van der Waals surface area contributed by atoms with Crippen molar-refractivity contribution in [2.24, 2.45) is 5.92 Å². The molecule has 1 saturated heterocycles. The van der Waals surface area contributed by atoms with E-state index in [-0.39, 0.29) is 11.9 Å². The van der Waals surface area contributed by atoms with Crippen LogP contribution in [0.25, 0.3) is 22.2 Å². The fraction of sp³-hybridized carbons (Fsp3) is 0.296. The Kier molecular flexibility index (Phi) is 6.24. The van der Waals surface area contributed by atoms with Gasteiger partial charge in [-0.1, -0.05) is 42.3 Å². The van der Waals surface area contributed by atoms with Crippen molar-refractivity contribution in [3.8, 4) is 11.1 Å². The van der Waals surface area contributed by atoms with Crippen molar-refractivity contribution in [2.45, 2.75) is 32.7 Å². The lowest BCUT2D eigenvalue weighted by molar-refractivity contribution is 0.0540. The molecule has 2 aromatic carbocycles. The highest BCUT2D eigenvalue weighted by Gasteiger charge is 2.33. The largest absolute Gasteiger partial charge is 0.424 e. The number of benzene rings is 2. The molecule has 0 unspecified atom stereocenters. The minimum Gasteiger partial charge on any atom is -0.424 e. The van der Waals surface area contributed by atoms with E-state index < -0.39 is 0 Å². The van der Waals surface area contributed by atoms with Gasteiger partial charge in [0.25, 0.3) is 11.9 Å². The summed E-state index contributed by atoms with van der Waals surface area (Å²) in [6, 6.07) is 15.8. The number of nitrogens with one attached hydrogen (secondary N) is 1. The van der Waals surface area contributed by atoms with Crippen LogP contribution in [0.3, 0.4) is 0 Å². The lowest BCUT2D eigenvalue weighted by Crippen LogP contribution is -2.51. The molecule has 1 amide bonds.